The molecular formula is C13H10BrNO3. The van der Waals surface area contributed by atoms with E-state index >= 15 is 0 Å². The first kappa shape index (κ1) is 12.6. The number of hydrogen-bond donors (Lipinski definition) is 1. The first-order chi connectivity index (χ1) is 8.68. The second-order valence-electron chi connectivity index (χ2n) is 3.54. The lowest BCUT2D eigenvalue weighted by atomic mass is 10.2. The van der Waals surface area contributed by atoms with Crippen LogP contribution in [0.3, 0.4) is 0 Å². The van der Waals surface area contributed by atoms with Crippen molar-refractivity contribution < 1.29 is 14.6 Å². The molecule has 0 saturated carbocycles. The number of pyridine rings is 1. The van der Waals surface area contributed by atoms with Crippen molar-refractivity contribution in [3.05, 3.63) is 58.2 Å². The number of carboxylic acid groups (broad SMARTS) is 1. The molecule has 1 aromatic heterocycles. The van der Waals surface area contributed by atoms with E-state index in [4.69, 9.17) is 9.84 Å². The van der Waals surface area contributed by atoms with Gasteiger partial charge in [-0.25, -0.2) is 9.78 Å². The summed E-state index contributed by atoms with van der Waals surface area (Å²) in [4.78, 5) is 14.9. The molecule has 18 heavy (non-hydrogen) atoms. The molecule has 0 saturated heterocycles. The van der Waals surface area contributed by atoms with E-state index in [-0.39, 0.29) is 18.1 Å². The van der Waals surface area contributed by atoms with Crippen LogP contribution in [0.25, 0.3) is 0 Å². The fourth-order valence-corrected chi connectivity index (χ4v) is 1.83. The highest BCUT2D eigenvalue weighted by Crippen LogP contribution is 2.20. The number of halogens is 1. The molecule has 2 rings (SSSR count). The van der Waals surface area contributed by atoms with Crippen LogP contribution in [-0.4, -0.2) is 16.1 Å². The van der Waals surface area contributed by atoms with Crippen molar-refractivity contribution >= 4 is 21.9 Å². The fourth-order valence-electron chi connectivity index (χ4n) is 1.43. The van der Waals surface area contributed by atoms with Crippen LogP contribution < -0.4 is 4.74 Å². The molecule has 1 aromatic carbocycles. The van der Waals surface area contributed by atoms with Gasteiger partial charge in [-0.2, -0.15) is 0 Å². The first-order valence-electron chi connectivity index (χ1n) is 5.23. The minimum absolute atomic E-state index is 0.0598. The third-order valence-corrected chi connectivity index (χ3v) is 3.10. The minimum Gasteiger partial charge on any atom is -0.477 e. The van der Waals surface area contributed by atoms with Crippen LogP contribution in [0.1, 0.15) is 15.9 Å². The molecule has 0 unspecified atom stereocenters. The average molecular weight is 308 g/mol. The maximum atomic E-state index is 11.0. The maximum absolute atomic E-state index is 11.0. The number of carboxylic acids is 1. The maximum Gasteiger partial charge on any atom is 0.341 e. The van der Waals surface area contributed by atoms with Crippen molar-refractivity contribution in [3.8, 4) is 5.88 Å². The minimum atomic E-state index is -1.05. The van der Waals surface area contributed by atoms with E-state index in [0.717, 1.165) is 10.0 Å². The van der Waals surface area contributed by atoms with Crippen molar-refractivity contribution in [2.75, 3.05) is 0 Å². The van der Waals surface area contributed by atoms with Gasteiger partial charge in [-0.15, -0.1) is 0 Å². The van der Waals surface area contributed by atoms with Crippen LogP contribution in [0.15, 0.2) is 47.1 Å². The molecule has 1 N–H and O–H groups in total. The number of benzene rings is 1. The molecule has 0 bridgehead atoms. The van der Waals surface area contributed by atoms with Gasteiger partial charge in [0.25, 0.3) is 0 Å². The molecule has 0 atom stereocenters. The summed E-state index contributed by atoms with van der Waals surface area (Å²) in [7, 11) is 0. The summed E-state index contributed by atoms with van der Waals surface area (Å²) in [5, 5.41) is 8.99. The number of carbonyl (C=O) groups is 1. The first-order valence-corrected chi connectivity index (χ1v) is 6.02. The van der Waals surface area contributed by atoms with E-state index in [1.807, 2.05) is 24.3 Å². The van der Waals surface area contributed by atoms with Crippen molar-refractivity contribution in [2.24, 2.45) is 0 Å². The van der Waals surface area contributed by atoms with Crippen LogP contribution >= 0.6 is 15.9 Å². The largest absolute Gasteiger partial charge is 0.477 e. The molecule has 0 amide bonds. The normalized spacial score (nSPS) is 10.1. The summed E-state index contributed by atoms with van der Waals surface area (Å²) in [6, 6.07) is 10.6. The molecule has 0 spiro atoms. The molecule has 4 nitrogen and oxygen atoms in total. The third kappa shape index (κ3) is 2.87. The molecule has 0 radical (unpaired) electrons. The Hall–Kier alpha value is -1.88. The molecule has 1 heterocycles. The SMILES string of the molecule is O=C(O)c1cccnc1OCc1ccccc1Br. The van der Waals surface area contributed by atoms with Gasteiger partial charge in [0.1, 0.15) is 12.2 Å². The van der Waals surface area contributed by atoms with E-state index in [2.05, 4.69) is 20.9 Å². The van der Waals surface area contributed by atoms with Crippen LogP contribution in [-0.2, 0) is 6.61 Å². The highest BCUT2D eigenvalue weighted by molar-refractivity contribution is 9.10. The number of hydrogen-bond acceptors (Lipinski definition) is 3. The Bertz CT molecular complexity index is 572. The fraction of sp³-hybridized carbons (Fsp3) is 0.0769. The summed E-state index contributed by atoms with van der Waals surface area (Å²) in [6.45, 7) is 0.263. The predicted molar refractivity (Wildman–Crippen MR) is 69.7 cm³/mol. The summed E-state index contributed by atoms with van der Waals surface area (Å²) in [5.41, 5.74) is 0.990. The van der Waals surface area contributed by atoms with Crippen molar-refractivity contribution in [1.29, 1.82) is 0 Å². The highest BCUT2D eigenvalue weighted by Gasteiger charge is 2.12. The van der Waals surface area contributed by atoms with E-state index in [9.17, 15) is 4.79 Å². The highest BCUT2D eigenvalue weighted by atomic mass is 79.9. The van der Waals surface area contributed by atoms with Crippen molar-refractivity contribution in [3.63, 3.8) is 0 Å². The van der Waals surface area contributed by atoms with E-state index in [0.29, 0.717) is 0 Å². The average Bonchev–Trinajstić information content (AvgIpc) is 2.38. The topological polar surface area (TPSA) is 59.4 Å². The van der Waals surface area contributed by atoms with Crippen molar-refractivity contribution in [2.45, 2.75) is 6.61 Å². The summed E-state index contributed by atoms with van der Waals surface area (Å²) < 4.78 is 6.36. The van der Waals surface area contributed by atoms with E-state index in [1.165, 1.54) is 12.3 Å². The lowest BCUT2D eigenvalue weighted by Gasteiger charge is -2.08. The summed E-state index contributed by atoms with van der Waals surface area (Å²) in [5.74, 6) is -0.925. The molecule has 92 valence electrons. The zero-order valence-corrected chi connectivity index (χ0v) is 10.9. The van der Waals surface area contributed by atoms with Crippen LogP contribution in [0.2, 0.25) is 0 Å². The molecule has 0 aliphatic rings. The van der Waals surface area contributed by atoms with E-state index in [1.54, 1.807) is 6.07 Å². The quantitative estimate of drug-likeness (QED) is 0.943. The van der Waals surface area contributed by atoms with Crippen LogP contribution in [0.4, 0.5) is 0 Å². The van der Waals surface area contributed by atoms with Crippen molar-refractivity contribution in [1.82, 2.24) is 4.98 Å². The number of aromatic carboxylic acids is 1. The molecular weight excluding hydrogens is 298 g/mol. The Morgan fingerprint density at radius 1 is 1.28 bits per heavy atom. The Kier molecular flexibility index (Phi) is 3.94. The smallest absolute Gasteiger partial charge is 0.341 e. The Morgan fingerprint density at radius 2 is 2.06 bits per heavy atom. The van der Waals surface area contributed by atoms with Gasteiger partial charge in [0.15, 0.2) is 0 Å². The zero-order chi connectivity index (χ0) is 13.0. The molecule has 5 heteroatoms. The number of rotatable bonds is 4. The van der Waals surface area contributed by atoms with Gasteiger partial charge >= 0.3 is 5.97 Å². The second kappa shape index (κ2) is 5.64. The number of ether oxygens (including phenoxy) is 1. The molecule has 0 aliphatic heterocycles. The Labute approximate surface area is 112 Å². The van der Waals surface area contributed by atoms with Gasteiger partial charge in [-0.3, -0.25) is 0 Å². The Balaban J connectivity index is 2.16. The van der Waals surface area contributed by atoms with Gasteiger partial charge < -0.3 is 9.84 Å². The third-order valence-electron chi connectivity index (χ3n) is 2.32. The summed E-state index contributed by atoms with van der Waals surface area (Å²) in [6.07, 6.45) is 1.50. The van der Waals surface area contributed by atoms with Gasteiger partial charge in [0.2, 0.25) is 5.88 Å². The number of aromatic nitrogens is 1. The molecule has 0 aliphatic carbocycles. The molecule has 0 fully saturated rings. The van der Waals surface area contributed by atoms with Crippen LogP contribution in [0, 0.1) is 0 Å². The zero-order valence-electron chi connectivity index (χ0n) is 9.34. The predicted octanol–water partition coefficient (Wildman–Crippen LogP) is 3.12. The molecule has 2 aromatic rings. The lowest BCUT2D eigenvalue weighted by molar-refractivity contribution is 0.0690. The summed E-state index contributed by atoms with van der Waals surface area (Å²) >= 11 is 3.40. The number of nitrogens with zero attached hydrogens (tertiary/aromatic N) is 1. The monoisotopic (exact) mass is 307 g/mol. The van der Waals surface area contributed by atoms with Gasteiger partial charge in [-0.05, 0) is 18.2 Å². The standard InChI is InChI=1S/C13H10BrNO3/c14-11-6-2-1-4-9(11)8-18-12-10(13(16)17)5-3-7-15-12/h1-7H,8H2,(H,16,17). The van der Waals surface area contributed by atoms with Gasteiger partial charge in [-0.1, -0.05) is 34.1 Å². The van der Waals surface area contributed by atoms with Gasteiger partial charge in [0, 0.05) is 16.2 Å². The van der Waals surface area contributed by atoms with Gasteiger partial charge in [0.05, 0.1) is 0 Å². The lowest BCUT2D eigenvalue weighted by Crippen LogP contribution is -2.05. The van der Waals surface area contributed by atoms with E-state index < -0.39 is 5.97 Å². The Morgan fingerprint density at radius 3 is 2.78 bits per heavy atom. The van der Waals surface area contributed by atoms with Crippen LogP contribution in [0.5, 0.6) is 5.88 Å². The second-order valence-corrected chi connectivity index (χ2v) is 4.40.